The van der Waals surface area contributed by atoms with Gasteiger partial charge in [-0.3, -0.25) is 14.4 Å². The Kier molecular flexibility index (Phi) is 7.25. The zero-order valence-electron chi connectivity index (χ0n) is 23.3. The number of pyridine rings is 1. The highest BCUT2D eigenvalue weighted by Gasteiger charge is 2.45. The van der Waals surface area contributed by atoms with E-state index in [4.69, 9.17) is 16.3 Å². The van der Waals surface area contributed by atoms with E-state index in [1.807, 2.05) is 30.3 Å². The lowest BCUT2D eigenvalue weighted by molar-refractivity contribution is -0.000510. The van der Waals surface area contributed by atoms with Gasteiger partial charge < -0.3 is 19.9 Å². The molecule has 3 aliphatic heterocycles. The lowest BCUT2D eigenvalue weighted by Gasteiger charge is -2.53. The van der Waals surface area contributed by atoms with Crippen LogP contribution in [0.3, 0.4) is 0 Å². The molecule has 0 atom stereocenters. The highest BCUT2D eigenvalue weighted by molar-refractivity contribution is 7.19. The van der Waals surface area contributed by atoms with Crippen LogP contribution in [0.5, 0.6) is 0 Å². The molecule has 2 saturated heterocycles. The number of amides is 2. The van der Waals surface area contributed by atoms with Crippen LogP contribution in [0.25, 0.3) is 10.4 Å². The van der Waals surface area contributed by atoms with Gasteiger partial charge in [-0.15, -0.1) is 11.3 Å². The summed E-state index contributed by atoms with van der Waals surface area (Å²) in [6.45, 7) is 3.80. The smallest absolute Gasteiger partial charge is 0.262 e. The van der Waals surface area contributed by atoms with Crippen LogP contribution in [0.1, 0.15) is 48.8 Å². The van der Waals surface area contributed by atoms with Crippen molar-refractivity contribution in [1.82, 2.24) is 4.98 Å². The van der Waals surface area contributed by atoms with E-state index in [0.717, 1.165) is 60.8 Å². The summed E-state index contributed by atoms with van der Waals surface area (Å²) in [5.74, 6) is 0.320. The summed E-state index contributed by atoms with van der Waals surface area (Å²) < 4.78 is 5.53. The maximum atomic E-state index is 13.8. The third-order valence-corrected chi connectivity index (χ3v) is 10.1. The summed E-state index contributed by atoms with van der Waals surface area (Å²) in [5, 5.41) is 2.51. The van der Waals surface area contributed by atoms with Gasteiger partial charge in [0.05, 0.1) is 16.1 Å². The van der Waals surface area contributed by atoms with E-state index in [9.17, 15) is 14.4 Å². The van der Waals surface area contributed by atoms with Crippen molar-refractivity contribution in [1.29, 1.82) is 0 Å². The summed E-state index contributed by atoms with van der Waals surface area (Å²) in [6, 6.07) is 20.1. The minimum atomic E-state index is -0.473. The number of hydrogen-bond acceptors (Lipinski definition) is 7. The second kappa shape index (κ2) is 11.2. The number of rotatable bonds is 5. The number of aromatic nitrogens is 1. The first-order valence-corrected chi connectivity index (χ1v) is 15.5. The lowest BCUT2D eigenvalue weighted by atomic mass is 9.73. The molecule has 0 saturated carbocycles. The Labute approximate surface area is 258 Å². The molecule has 5 heterocycles. The van der Waals surface area contributed by atoms with E-state index in [2.05, 4.69) is 15.2 Å². The van der Waals surface area contributed by atoms with Gasteiger partial charge in [-0.1, -0.05) is 18.2 Å². The molecule has 2 fully saturated rings. The molecular formula is C33H29ClN4O4S. The number of thiophene rings is 1. The Hall–Kier alpha value is -4.05. The first-order valence-electron chi connectivity index (χ1n) is 14.3. The van der Waals surface area contributed by atoms with Gasteiger partial charge in [0.1, 0.15) is 5.82 Å². The summed E-state index contributed by atoms with van der Waals surface area (Å²) in [4.78, 5) is 48.8. The molecule has 0 unspecified atom stereocenters. The van der Waals surface area contributed by atoms with Crippen LogP contribution in [0.4, 0.5) is 17.2 Å². The van der Waals surface area contributed by atoms with E-state index in [-0.39, 0.29) is 17.2 Å². The predicted molar refractivity (Wildman–Crippen MR) is 169 cm³/mol. The number of ether oxygens (including phenoxy) is 1. The number of carbonyl (C=O) groups is 3. The number of hydrogen-bond donors (Lipinski definition) is 1. The molecule has 7 rings (SSSR count). The second-order valence-corrected chi connectivity index (χ2v) is 12.7. The summed E-state index contributed by atoms with van der Waals surface area (Å²) in [6.07, 6.45) is 4.40. The van der Waals surface area contributed by atoms with Gasteiger partial charge in [-0.05, 0) is 85.0 Å². The fourth-order valence-electron chi connectivity index (χ4n) is 6.31. The molecule has 0 aliphatic carbocycles. The van der Waals surface area contributed by atoms with E-state index in [1.165, 1.54) is 11.3 Å². The standard InChI is InChI=1S/C33H29ClN4O4S/c34-29(39)27-18-22-11-15-38(26-6-2-1-4-24(26)28(22)43-27)32(41)21-7-9-23(10-8-21)36-31(40)25-5-3-14-35-30(25)37-19-33(20-37)12-16-42-17-13-33/h1-10,14,18H,11-13,15-17,19-20H2,(H,36,40). The van der Waals surface area contributed by atoms with Crippen molar-refractivity contribution in [3.8, 4) is 10.4 Å². The molecule has 1 N–H and O–H groups in total. The maximum absolute atomic E-state index is 13.8. The predicted octanol–water partition coefficient (Wildman–Crippen LogP) is 6.26. The van der Waals surface area contributed by atoms with Crippen molar-refractivity contribution >= 4 is 57.2 Å². The van der Waals surface area contributed by atoms with Crippen molar-refractivity contribution in [3.63, 3.8) is 0 Å². The van der Waals surface area contributed by atoms with Gasteiger partial charge in [-0.25, -0.2) is 4.98 Å². The largest absolute Gasteiger partial charge is 0.381 e. The molecular weight excluding hydrogens is 584 g/mol. The highest BCUT2D eigenvalue weighted by Crippen LogP contribution is 2.43. The van der Waals surface area contributed by atoms with Gasteiger partial charge in [0.25, 0.3) is 17.1 Å². The third kappa shape index (κ3) is 5.22. The minimum absolute atomic E-state index is 0.136. The van der Waals surface area contributed by atoms with Crippen molar-refractivity contribution in [3.05, 3.63) is 94.5 Å². The molecule has 3 aliphatic rings. The SMILES string of the molecule is O=C(Cl)c1cc2c(s1)-c1ccccc1N(C(=O)c1ccc(NC(=O)c3cccnc3N3CC4(CCOCC4)C3)cc1)CC2. The highest BCUT2D eigenvalue weighted by atomic mass is 35.5. The molecule has 10 heteroatoms. The number of para-hydroxylation sites is 1. The van der Waals surface area contributed by atoms with Crippen LogP contribution in [-0.2, 0) is 11.2 Å². The average Bonchev–Trinajstić information content (AvgIpc) is 3.39. The van der Waals surface area contributed by atoms with Crippen LogP contribution >= 0.6 is 22.9 Å². The van der Waals surface area contributed by atoms with Gasteiger partial charge in [0.2, 0.25) is 0 Å². The second-order valence-electron chi connectivity index (χ2n) is 11.3. The number of nitrogens with zero attached hydrogens (tertiary/aromatic N) is 3. The van der Waals surface area contributed by atoms with E-state index in [0.29, 0.717) is 40.5 Å². The quantitative estimate of drug-likeness (QED) is 0.268. The van der Waals surface area contributed by atoms with Crippen LogP contribution in [0.2, 0.25) is 0 Å². The zero-order chi connectivity index (χ0) is 29.6. The van der Waals surface area contributed by atoms with E-state index >= 15 is 0 Å². The molecule has 2 amide bonds. The van der Waals surface area contributed by atoms with Crippen molar-refractivity contribution in [2.75, 3.05) is 48.0 Å². The fourth-order valence-corrected chi connectivity index (χ4v) is 7.56. The fraction of sp³-hybridized carbons (Fsp3) is 0.273. The van der Waals surface area contributed by atoms with Crippen LogP contribution in [0.15, 0.2) is 72.9 Å². The number of anilines is 3. The molecule has 43 heavy (non-hydrogen) atoms. The number of benzene rings is 2. The Morgan fingerprint density at radius 2 is 1.74 bits per heavy atom. The Morgan fingerprint density at radius 3 is 2.51 bits per heavy atom. The molecule has 8 nitrogen and oxygen atoms in total. The molecule has 0 radical (unpaired) electrons. The zero-order valence-corrected chi connectivity index (χ0v) is 24.9. The van der Waals surface area contributed by atoms with E-state index < -0.39 is 5.24 Å². The summed E-state index contributed by atoms with van der Waals surface area (Å²) in [5.41, 5.74) is 4.59. The number of nitrogens with one attached hydrogen (secondary N) is 1. The number of carbonyl (C=O) groups excluding carboxylic acids is 3. The van der Waals surface area contributed by atoms with Gasteiger partial charge in [0.15, 0.2) is 0 Å². The minimum Gasteiger partial charge on any atom is -0.381 e. The Bertz CT molecular complexity index is 1720. The maximum Gasteiger partial charge on any atom is 0.262 e. The van der Waals surface area contributed by atoms with Crippen LogP contribution in [-0.4, -0.2) is 54.9 Å². The molecule has 2 aromatic heterocycles. The molecule has 4 aromatic rings. The van der Waals surface area contributed by atoms with Crippen LogP contribution in [0, 0.1) is 5.41 Å². The van der Waals surface area contributed by atoms with Crippen molar-refractivity contribution < 1.29 is 19.1 Å². The Morgan fingerprint density at radius 1 is 0.977 bits per heavy atom. The van der Waals surface area contributed by atoms with Crippen LogP contribution < -0.4 is 15.1 Å². The van der Waals surface area contributed by atoms with Crippen molar-refractivity contribution in [2.24, 2.45) is 5.41 Å². The molecule has 1 spiro atoms. The Balaban J connectivity index is 1.06. The number of fused-ring (bicyclic) bond motifs is 3. The van der Waals surface area contributed by atoms with Gasteiger partial charge >= 0.3 is 0 Å². The normalized spacial score (nSPS) is 17.0. The lowest BCUT2D eigenvalue weighted by Crippen LogP contribution is -2.59. The molecule has 2 aromatic carbocycles. The van der Waals surface area contributed by atoms with Gasteiger partial charge in [0, 0.05) is 66.2 Å². The molecule has 0 bridgehead atoms. The first-order chi connectivity index (χ1) is 20.9. The summed E-state index contributed by atoms with van der Waals surface area (Å²) >= 11 is 7.12. The van der Waals surface area contributed by atoms with Gasteiger partial charge in [-0.2, -0.15) is 0 Å². The number of halogens is 1. The third-order valence-electron chi connectivity index (χ3n) is 8.62. The first kappa shape index (κ1) is 27.8. The topological polar surface area (TPSA) is 91.8 Å². The average molecular weight is 613 g/mol. The monoisotopic (exact) mass is 612 g/mol. The molecule has 218 valence electrons. The van der Waals surface area contributed by atoms with E-state index in [1.54, 1.807) is 47.5 Å². The van der Waals surface area contributed by atoms with Crippen molar-refractivity contribution in [2.45, 2.75) is 19.3 Å². The summed E-state index contributed by atoms with van der Waals surface area (Å²) in [7, 11) is 0.